The van der Waals surface area contributed by atoms with Gasteiger partial charge in [-0.2, -0.15) is 0 Å². The fraction of sp³-hybridized carbons (Fsp3) is 0.462. The van der Waals surface area contributed by atoms with Crippen molar-refractivity contribution in [3.63, 3.8) is 0 Å². The highest BCUT2D eigenvalue weighted by Gasteiger charge is 2.36. The number of carbonyl (C=O) groups is 1. The molecule has 0 unspecified atom stereocenters. The molecule has 2 rings (SSSR count). The number of hydrogen-bond donors (Lipinski definition) is 1. The van der Waals surface area contributed by atoms with Gasteiger partial charge in [-0.25, -0.2) is 0 Å². The summed E-state index contributed by atoms with van der Waals surface area (Å²) < 4.78 is 0. The lowest BCUT2D eigenvalue weighted by Gasteiger charge is -2.32. The van der Waals surface area contributed by atoms with Crippen molar-refractivity contribution in [3.05, 3.63) is 35.4 Å². The minimum atomic E-state index is -0.912. The lowest BCUT2D eigenvalue weighted by molar-refractivity contribution is 0.0148. The Bertz CT molecular complexity index is 388. The molecule has 80 valence electrons. The average Bonchev–Trinajstić information content (AvgIpc) is 2.16. The van der Waals surface area contributed by atoms with E-state index in [0.717, 1.165) is 24.0 Å². The van der Waals surface area contributed by atoms with Gasteiger partial charge >= 0.3 is 0 Å². The van der Waals surface area contributed by atoms with Gasteiger partial charge < -0.3 is 5.11 Å². The number of benzene rings is 1. The fourth-order valence-corrected chi connectivity index (χ4v) is 2.27. The zero-order valence-electron chi connectivity index (χ0n) is 9.16. The molecule has 0 heterocycles. The number of rotatable bonds is 1. The SMILES string of the molecule is CC(C)(O)[C@@H]1CCc2ccccc2C1=O. The molecule has 2 heteroatoms. The molecule has 0 saturated carbocycles. The monoisotopic (exact) mass is 204 g/mol. The van der Waals surface area contributed by atoms with Gasteiger partial charge in [0.05, 0.1) is 11.5 Å². The Morgan fingerprint density at radius 1 is 1.33 bits per heavy atom. The molecule has 0 spiro atoms. The number of ketones is 1. The van der Waals surface area contributed by atoms with Gasteiger partial charge in [0.1, 0.15) is 0 Å². The van der Waals surface area contributed by atoms with Gasteiger partial charge in [-0.15, -0.1) is 0 Å². The molecule has 1 N–H and O–H groups in total. The second-order valence-electron chi connectivity index (χ2n) is 4.77. The fourth-order valence-electron chi connectivity index (χ4n) is 2.27. The van der Waals surface area contributed by atoms with Crippen LogP contribution in [0.1, 0.15) is 36.2 Å². The van der Waals surface area contributed by atoms with Crippen LogP contribution in [0, 0.1) is 5.92 Å². The summed E-state index contributed by atoms with van der Waals surface area (Å²) >= 11 is 0. The number of aliphatic hydroxyl groups is 1. The van der Waals surface area contributed by atoms with E-state index in [1.54, 1.807) is 13.8 Å². The van der Waals surface area contributed by atoms with Crippen LogP contribution in [0.2, 0.25) is 0 Å². The average molecular weight is 204 g/mol. The van der Waals surface area contributed by atoms with Crippen molar-refractivity contribution in [1.82, 2.24) is 0 Å². The lowest BCUT2D eigenvalue weighted by Crippen LogP contribution is -2.39. The van der Waals surface area contributed by atoms with Crippen molar-refractivity contribution in [2.45, 2.75) is 32.3 Å². The molecule has 0 aliphatic heterocycles. The number of Topliss-reactive ketones (excluding diaryl/α,β-unsaturated/α-hetero) is 1. The zero-order chi connectivity index (χ0) is 11.1. The molecule has 2 nitrogen and oxygen atoms in total. The Labute approximate surface area is 89.9 Å². The molecule has 1 aromatic rings. The van der Waals surface area contributed by atoms with E-state index in [1.165, 1.54) is 0 Å². The van der Waals surface area contributed by atoms with Gasteiger partial charge in [0, 0.05) is 5.56 Å². The highest BCUT2D eigenvalue weighted by Crippen LogP contribution is 2.32. The van der Waals surface area contributed by atoms with E-state index in [1.807, 2.05) is 24.3 Å². The van der Waals surface area contributed by atoms with Crippen LogP contribution in [0.3, 0.4) is 0 Å². The van der Waals surface area contributed by atoms with E-state index in [4.69, 9.17) is 0 Å². The first kappa shape index (κ1) is 10.4. The maximum Gasteiger partial charge on any atom is 0.169 e. The summed E-state index contributed by atoms with van der Waals surface area (Å²) in [6.07, 6.45) is 1.63. The molecule has 1 aliphatic rings. The van der Waals surface area contributed by atoms with Gasteiger partial charge in [-0.05, 0) is 32.3 Å². The maximum absolute atomic E-state index is 12.1. The smallest absolute Gasteiger partial charge is 0.169 e. The van der Waals surface area contributed by atoms with Crippen molar-refractivity contribution >= 4 is 5.78 Å². The first-order valence-electron chi connectivity index (χ1n) is 5.34. The van der Waals surface area contributed by atoms with Crippen LogP contribution in [0.4, 0.5) is 0 Å². The molecular weight excluding hydrogens is 188 g/mol. The van der Waals surface area contributed by atoms with E-state index < -0.39 is 5.60 Å². The van der Waals surface area contributed by atoms with Gasteiger partial charge in [-0.1, -0.05) is 24.3 Å². The summed E-state index contributed by atoms with van der Waals surface area (Å²) in [6.45, 7) is 3.42. The summed E-state index contributed by atoms with van der Waals surface area (Å²) in [5.74, 6) is -0.170. The van der Waals surface area contributed by atoms with E-state index in [2.05, 4.69) is 0 Å². The summed E-state index contributed by atoms with van der Waals surface area (Å²) in [5, 5.41) is 9.92. The van der Waals surface area contributed by atoms with Gasteiger partial charge in [0.2, 0.25) is 0 Å². The lowest BCUT2D eigenvalue weighted by atomic mass is 9.75. The summed E-state index contributed by atoms with van der Waals surface area (Å²) in [5.41, 5.74) is 0.990. The second kappa shape index (κ2) is 3.46. The van der Waals surface area contributed by atoms with Crippen molar-refractivity contribution in [2.75, 3.05) is 0 Å². The summed E-state index contributed by atoms with van der Waals surface area (Å²) in [7, 11) is 0. The summed E-state index contributed by atoms with van der Waals surface area (Å²) in [4.78, 5) is 12.1. The van der Waals surface area contributed by atoms with Crippen LogP contribution in [0.25, 0.3) is 0 Å². The molecule has 0 amide bonds. The van der Waals surface area contributed by atoms with Crippen molar-refractivity contribution < 1.29 is 9.90 Å². The molecular formula is C13H16O2. The number of aryl methyl sites for hydroxylation is 1. The van der Waals surface area contributed by atoms with Crippen LogP contribution in [0.5, 0.6) is 0 Å². The largest absolute Gasteiger partial charge is 0.390 e. The molecule has 0 fully saturated rings. The Morgan fingerprint density at radius 2 is 2.00 bits per heavy atom. The number of hydrogen-bond acceptors (Lipinski definition) is 2. The third-order valence-corrected chi connectivity index (χ3v) is 3.15. The first-order valence-corrected chi connectivity index (χ1v) is 5.34. The van der Waals surface area contributed by atoms with Gasteiger partial charge in [0.15, 0.2) is 5.78 Å². The summed E-state index contributed by atoms with van der Waals surface area (Å²) in [6, 6.07) is 7.68. The topological polar surface area (TPSA) is 37.3 Å². The third kappa shape index (κ3) is 1.82. The van der Waals surface area contributed by atoms with Crippen molar-refractivity contribution in [1.29, 1.82) is 0 Å². The van der Waals surface area contributed by atoms with E-state index >= 15 is 0 Å². The van der Waals surface area contributed by atoms with E-state index in [0.29, 0.717) is 0 Å². The molecule has 15 heavy (non-hydrogen) atoms. The Kier molecular flexibility index (Phi) is 2.39. The third-order valence-electron chi connectivity index (χ3n) is 3.15. The minimum Gasteiger partial charge on any atom is -0.390 e. The standard InChI is InChI=1S/C13H16O2/c1-13(2,15)11-8-7-9-5-3-4-6-10(9)12(11)14/h3-6,11,15H,7-8H2,1-2H3/t11-/m1/s1. The second-order valence-corrected chi connectivity index (χ2v) is 4.77. The van der Waals surface area contributed by atoms with Crippen LogP contribution < -0.4 is 0 Å². The first-order chi connectivity index (χ1) is 7.00. The highest BCUT2D eigenvalue weighted by atomic mass is 16.3. The number of carbonyl (C=O) groups excluding carboxylic acids is 1. The quantitative estimate of drug-likeness (QED) is 0.761. The van der Waals surface area contributed by atoms with Crippen LogP contribution in [-0.2, 0) is 6.42 Å². The van der Waals surface area contributed by atoms with Gasteiger partial charge in [-0.3, -0.25) is 4.79 Å². The van der Waals surface area contributed by atoms with Crippen molar-refractivity contribution in [2.24, 2.45) is 5.92 Å². The Morgan fingerprint density at radius 3 is 2.67 bits per heavy atom. The minimum absolute atomic E-state index is 0.0874. The Hall–Kier alpha value is -1.15. The molecule has 0 saturated heterocycles. The molecule has 0 bridgehead atoms. The van der Waals surface area contributed by atoms with Crippen molar-refractivity contribution in [3.8, 4) is 0 Å². The molecule has 1 aromatic carbocycles. The highest BCUT2D eigenvalue weighted by molar-refractivity contribution is 6.00. The molecule has 0 aromatic heterocycles. The van der Waals surface area contributed by atoms with Gasteiger partial charge in [0.25, 0.3) is 0 Å². The predicted molar refractivity (Wildman–Crippen MR) is 58.9 cm³/mol. The normalized spacial score (nSPS) is 21.3. The Balaban J connectivity index is 2.38. The van der Waals surface area contributed by atoms with E-state index in [9.17, 15) is 9.90 Å². The predicted octanol–water partition coefficient (Wildman–Crippen LogP) is 2.20. The van der Waals surface area contributed by atoms with E-state index in [-0.39, 0.29) is 11.7 Å². The van der Waals surface area contributed by atoms with Crippen LogP contribution in [0.15, 0.2) is 24.3 Å². The molecule has 1 atom stereocenters. The zero-order valence-corrected chi connectivity index (χ0v) is 9.16. The molecule has 1 aliphatic carbocycles. The number of fused-ring (bicyclic) bond motifs is 1. The van der Waals surface area contributed by atoms with Crippen LogP contribution in [-0.4, -0.2) is 16.5 Å². The van der Waals surface area contributed by atoms with Crippen LogP contribution >= 0.6 is 0 Å². The maximum atomic E-state index is 12.1. The molecule has 0 radical (unpaired) electrons.